The number of furan rings is 1. The first kappa shape index (κ1) is 15.4. The van der Waals surface area contributed by atoms with E-state index in [1.807, 2.05) is 0 Å². The quantitative estimate of drug-likeness (QED) is 0.912. The molecule has 114 valence electrons. The van der Waals surface area contributed by atoms with E-state index in [4.69, 9.17) is 9.52 Å². The Morgan fingerprint density at radius 1 is 1.24 bits per heavy atom. The third-order valence-corrected chi connectivity index (χ3v) is 3.20. The third-order valence-electron chi connectivity index (χ3n) is 3.20. The van der Waals surface area contributed by atoms with Crippen molar-refractivity contribution in [3.05, 3.63) is 53.5 Å². The summed E-state index contributed by atoms with van der Waals surface area (Å²) in [6.07, 6.45) is -2.99. The number of hydrogen-bond acceptors (Lipinski definition) is 3. The molecule has 1 heterocycles. The average molecular weight is 299 g/mol. The van der Waals surface area contributed by atoms with Crippen LogP contribution in [0.15, 0.2) is 41.0 Å². The van der Waals surface area contributed by atoms with E-state index in [2.05, 4.69) is 0 Å². The molecule has 0 saturated carbocycles. The standard InChI is InChI=1S/C15H16F3NO2/c1-2-19(9-12-4-3-7-21-12)14-6-5-11(10-20)8-13(14)15(16,17)18/h3-8,20H,2,9-10H2,1H3. The molecule has 0 aliphatic heterocycles. The van der Waals surface area contributed by atoms with Gasteiger partial charge in [0.05, 0.1) is 25.0 Å². The lowest BCUT2D eigenvalue weighted by Gasteiger charge is -2.26. The molecule has 2 aromatic rings. The number of benzene rings is 1. The van der Waals surface area contributed by atoms with E-state index in [9.17, 15) is 13.2 Å². The van der Waals surface area contributed by atoms with Gasteiger partial charge in [-0.3, -0.25) is 0 Å². The Kier molecular flexibility index (Phi) is 4.57. The first-order valence-corrected chi connectivity index (χ1v) is 6.54. The van der Waals surface area contributed by atoms with Gasteiger partial charge in [-0.2, -0.15) is 13.2 Å². The monoisotopic (exact) mass is 299 g/mol. The predicted molar refractivity (Wildman–Crippen MR) is 72.8 cm³/mol. The van der Waals surface area contributed by atoms with Crippen molar-refractivity contribution in [2.24, 2.45) is 0 Å². The minimum absolute atomic E-state index is 0.0820. The van der Waals surface area contributed by atoms with Crippen molar-refractivity contribution in [1.82, 2.24) is 0 Å². The molecule has 1 aromatic heterocycles. The predicted octanol–water partition coefficient (Wildman–Crippen LogP) is 3.82. The maximum absolute atomic E-state index is 13.2. The summed E-state index contributed by atoms with van der Waals surface area (Å²) < 4.78 is 44.8. The van der Waals surface area contributed by atoms with E-state index >= 15 is 0 Å². The highest BCUT2D eigenvalue weighted by atomic mass is 19.4. The Morgan fingerprint density at radius 3 is 2.52 bits per heavy atom. The Morgan fingerprint density at radius 2 is 2.00 bits per heavy atom. The fourth-order valence-corrected chi connectivity index (χ4v) is 2.14. The average Bonchev–Trinajstić information content (AvgIpc) is 2.96. The molecule has 3 nitrogen and oxygen atoms in total. The van der Waals surface area contributed by atoms with Crippen molar-refractivity contribution in [3.8, 4) is 0 Å². The molecule has 0 amide bonds. The van der Waals surface area contributed by atoms with Crippen LogP contribution in [0, 0.1) is 0 Å². The molecule has 0 spiro atoms. The molecule has 6 heteroatoms. The van der Waals surface area contributed by atoms with Crippen LogP contribution in [0.5, 0.6) is 0 Å². The minimum atomic E-state index is -4.48. The summed E-state index contributed by atoms with van der Waals surface area (Å²) in [6, 6.07) is 7.29. The Bertz CT molecular complexity index is 579. The number of hydrogen-bond donors (Lipinski definition) is 1. The first-order chi connectivity index (χ1) is 9.95. The van der Waals surface area contributed by atoms with Gasteiger partial charge in [-0.05, 0) is 36.8 Å². The maximum Gasteiger partial charge on any atom is 0.418 e. The number of halogens is 3. The summed E-state index contributed by atoms with van der Waals surface area (Å²) >= 11 is 0. The van der Waals surface area contributed by atoms with Crippen LogP contribution in [-0.4, -0.2) is 11.7 Å². The summed E-state index contributed by atoms with van der Waals surface area (Å²) in [6.45, 7) is 2.02. The number of aliphatic hydroxyl groups excluding tert-OH is 1. The molecule has 0 unspecified atom stereocenters. The van der Waals surface area contributed by atoms with Crippen LogP contribution >= 0.6 is 0 Å². The van der Waals surface area contributed by atoms with Crippen LogP contribution in [-0.2, 0) is 19.3 Å². The molecule has 0 fully saturated rings. The van der Waals surface area contributed by atoms with E-state index in [1.165, 1.54) is 18.4 Å². The zero-order valence-electron chi connectivity index (χ0n) is 11.5. The van der Waals surface area contributed by atoms with Crippen LogP contribution < -0.4 is 4.90 Å². The van der Waals surface area contributed by atoms with Gasteiger partial charge in [0, 0.05) is 12.2 Å². The number of anilines is 1. The Balaban J connectivity index is 2.40. The summed E-state index contributed by atoms with van der Waals surface area (Å²) in [5.74, 6) is 0.594. The lowest BCUT2D eigenvalue weighted by Crippen LogP contribution is -2.25. The molecule has 0 aliphatic carbocycles. The maximum atomic E-state index is 13.2. The minimum Gasteiger partial charge on any atom is -0.467 e. The summed E-state index contributed by atoms with van der Waals surface area (Å²) in [5, 5.41) is 9.03. The highest BCUT2D eigenvalue weighted by Crippen LogP contribution is 2.37. The van der Waals surface area contributed by atoms with Gasteiger partial charge < -0.3 is 14.4 Å². The highest BCUT2D eigenvalue weighted by Gasteiger charge is 2.35. The summed E-state index contributed by atoms with van der Waals surface area (Å²) in [7, 11) is 0. The van der Waals surface area contributed by atoms with Gasteiger partial charge in [0.1, 0.15) is 5.76 Å². The molecule has 0 saturated heterocycles. The molecule has 21 heavy (non-hydrogen) atoms. The molecule has 1 aromatic carbocycles. The van der Waals surface area contributed by atoms with Gasteiger partial charge in [0.2, 0.25) is 0 Å². The van der Waals surface area contributed by atoms with Crippen LogP contribution in [0.4, 0.5) is 18.9 Å². The Hall–Kier alpha value is -1.95. The normalized spacial score (nSPS) is 11.7. The molecular formula is C15H16F3NO2. The third kappa shape index (κ3) is 3.58. The molecular weight excluding hydrogens is 283 g/mol. The topological polar surface area (TPSA) is 36.6 Å². The van der Waals surface area contributed by atoms with Gasteiger partial charge in [-0.1, -0.05) is 6.07 Å². The van der Waals surface area contributed by atoms with Crippen LogP contribution in [0.1, 0.15) is 23.8 Å². The van der Waals surface area contributed by atoms with Crippen molar-refractivity contribution in [2.45, 2.75) is 26.3 Å². The SMILES string of the molecule is CCN(Cc1ccco1)c1ccc(CO)cc1C(F)(F)F. The number of aliphatic hydroxyl groups is 1. The highest BCUT2D eigenvalue weighted by molar-refractivity contribution is 5.56. The fourth-order valence-electron chi connectivity index (χ4n) is 2.14. The van der Waals surface area contributed by atoms with E-state index in [-0.39, 0.29) is 17.8 Å². The number of alkyl halides is 3. The molecule has 0 bridgehead atoms. The van der Waals surface area contributed by atoms with Crippen molar-refractivity contribution < 1.29 is 22.7 Å². The van der Waals surface area contributed by atoms with Gasteiger partial charge in [-0.15, -0.1) is 0 Å². The summed E-state index contributed by atoms with van der Waals surface area (Å²) in [5.41, 5.74) is -0.429. The first-order valence-electron chi connectivity index (χ1n) is 6.54. The zero-order chi connectivity index (χ0) is 15.5. The molecule has 1 N–H and O–H groups in total. The fraction of sp³-hybridized carbons (Fsp3) is 0.333. The lowest BCUT2D eigenvalue weighted by molar-refractivity contribution is -0.137. The lowest BCUT2D eigenvalue weighted by atomic mass is 10.1. The Labute approximate surface area is 120 Å². The molecule has 2 rings (SSSR count). The second-order valence-electron chi connectivity index (χ2n) is 4.60. The van der Waals surface area contributed by atoms with E-state index in [0.717, 1.165) is 6.07 Å². The van der Waals surface area contributed by atoms with Crippen molar-refractivity contribution in [1.29, 1.82) is 0 Å². The zero-order valence-corrected chi connectivity index (χ0v) is 11.5. The second-order valence-corrected chi connectivity index (χ2v) is 4.60. The van der Waals surface area contributed by atoms with Crippen molar-refractivity contribution in [2.75, 3.05) is 11.4 Å². The smallest absolute Gasteiger partial charge is 0.418 e. The van der Waals surface area contributed by atoms with E-state index in [0.29, 0.717) is 12.3 Å². The van der Waals surface area contributed by atoms with Crippen LogP contribution in [0.2, 0.25) is 0 Å². The molecule has 0 radical (unpaired) electrons. The van der Waals surface area contributed by atoms with E-state index in [1.54, 1.807) is 24.0 Å². The molecule has 0 atom stereocenters. The largest absolute Gasteiger partial charge is 0.467 e. The van der Waals surface area contributed by atoms with E-state index < -0.39 is 18.3 Å². The number of rotatable bonds is 5. The summed E-state index contributed by atoms with van der Waals surface area (Å²) in [4.78, 5) is 1.59. The van der Waals surface area contributed by atoms with Gasteiger partial charge in [-0.25, -0.2) is 0 Å². The van der Waals surface area contributed by atoms with Gasteiger partial charge in [0.25, 0.3) is 0 Å². The van der Waals surface area contributed by atoms with Crippen molar-refractivity contribution >= 4 is 5.69 Å². The second kappa shape index (κ2) is 6.22. The number of nitrogens with zero attached hydrogens (tertiary/aromatic N) is 1. The molecule has 0 aliphatic rings. The van der Waals surface area contributed by atoms with Gasteiger partial charge >= 0.3 is 6.18 Å². The van der Waals surface area contributed by atoms with Crippen LogP contribution in [0.25, 0.3) is 0 Å². The van der Waals surface area contributed by atoms with Crippen LogP contribution in [0.3, 0.4) is 0 Å². The van der Waals surface area contributed by atoms with Crippen molar-refractivity contribution in [3.63, 3.8) is 0 Å². The van der Waals surface area contributed by atoms with Gasteiger partial charge in [0.15, 0.2) is 0 Å².